The van der Waals surface area contributed by atoms with Gasteiger partial charge in [0.1, 0.15) is 0 Å². The molecule has 0 aromatic heterocycles. The summed E-state index contributed by atoms with van der Waals surface area (Å²) in [6.45, 7) is 23.9. The minimum Gasteiger partial charge on any atom is -0.402 e. The molecule has 0 saturated carbocycles. The fourth-order valence-corrected chi connectivity index (χ4v) is 16.7. The summed E-state index contributed by atoms with van der Waals surface area (Å²) in [5.74, 6) is 0. The standard InChI is InChI=1S/C12H21N3Si3/c1-7-14-16-13-17(9-3,10-4)15(8-2)18(14,11-5)12-6/h7-13H,1-6,16H2. The first-order valence-corrected chi connectivity index (χ1v) is 11.2. The summed E-state index contributed by atoms with van der Waals surface area (Å²) in [6.07, 6.45) is 3.75. The lowest BCUT2D eigenvalue weighted by molar-refractivity contribution is 0.694. The summed E-state index contributed by atoms with van der Waals surface area (Å²) in [5.41, 5.74) is 7.99. The van der Waals surface area contributed by atoms with Gasteiger partial charge in [0.05, 0.1) is 0 Å². The fraction of sp³-hybridized carbons (Fsp3) is 0. The number of nitrogens with one attached hydrogen (secondary N) is 1. The molecule has 1 fully saturated rings. The van der Waals surface area contributed by atoms with Crippen LogP contribution in [0, 0.1) is 0 Å². The molecule has 96 valence electrons. The summed E-state index contributed by atoms with van der Waals surface area (Å²) in [5, 5.41) is 0. The molecule has 0 aliphatic carbocycles. The van der Waals surface area contributed by atoms with E-state index < -0.39 is 26.6 Å². The fourth-order valence-electron chi connectivity index (χ4n) is 2.31. The van der Waals surface area contributed by atoms with Crippen molar-refractivity contribution in [1.82, 2.24) is 13.1 Å². The molecule has 3 nitrogen and oxygen atoms in total. The third kappa shape index (κ3) is 1.83. The minimum atomic E-state index is -2.19. The average Bonchev–Trinajstić information content (AvgIpc) is 2.44. The molecule has 1 saturated heterocycles. The lowest BCUT2D eigenvalue weighted by atomic mass is 11.1. The molecule has 0 unspecified atom stereocenters. The number of nitrogens with zero attached hydrogens (tertiary/aromatic N) is 2. The van der Waals surface area contributed by atoms with E-state index in [1.165, 1.54) is 0 Å². The van der Waals surface area contributed by atoms with E-state index in [9.17, 15) is 0 Å². The van der Waals surface area contributed by atoms with Gasteiger partial charge in [-0.05, 0) is 12.4 Å². The van der Waals surface area contributed by atoms with Crippen molar-refractivity contribution in [2.75, 3.05) is 0 Å². The van der Waals surface area contributed by atoms with E-state index >= 15 is 0 Å². The van der Waals surface area contributed by atoms with E-state index in [-0.39, 0.29) is 0 Å². The van der Waals surface area contributed by atoms with Crippen LogP contribution in [0.1, 0.15) is 0 Å². The highest BCUT2D eigenvalue weighted by atomic mass is 28.5. The van der Waals surface area contributed by atoms with E-state index in [0.29, 0.717) is 0 Å². The molecule has 1 rings (SSSR count). The number of rotatable bonds is 6. The summed E-state index contributed by atoms with van der Waals surface area (Å²) < 4.78 is 8.19. The molecule has 1 N–H and O–H groups in total. The van der Waals surface area contributed by atoms with Crippen LogP contribution in [0.25, 0.3) is 0 Å². The Bertz CT molecular complexity index is 389. The molecule has 0 aromatic rings. The van der Waals surface area contributed by atoms with Crippen molar-refractivity contribution in [2.45, 2.75) is 0 Å². The monoisotopic (exact) mass is 291 g/mol. The van der Waals surface area contributed by atoms with Crippen LogP contribution >= 0.6 is 0 Å². The molecule has 0 aromatic carbocycles. The lowest BCUT2D eigenvalue weighted by Gasteiger charge is -2.56. The zero-order valence-corrected chi connectivity index (χ0v) is 14.2. The maximum atomic E-state index is 4.02. The Kier molecular flexibility index (Phi) is 4.52. The molecule has 1 aliphatic rings. The molecular weight excluding hydrogens is 270 g/mol. The van der Waals surface area contributed by atoms with Gasteiger partial charge in [-0.2, -0.15) is 0 Å². The first kappa shape index (κ1) is 14.7. The van der Waals surface area contributed by atoms with Crippen molar-refractivity contribution in [2.24, 2.45) is 0 Å². The van der Waals surface area contributed by atoms with Crippen LogP contribution in [0.15, 0.2) is 74.7 Å². The molecule has 1 aliphatic heterocycles. The number of hydrogen-bond donors (Lipinski definition) is 1. The van der Waals surface area contributed by atoms with Gasteiger partial charge in [-0.25, -0.2) is 0 Å². The predicted octanol–water partition coefficient (Wildman–Crippen LogP) is 1.26. The van der Waals surface area contributed by atoms with Crippen LogP contribution in [-0.2, 0) is 0 Å². The maximum Gasteiger partial charge on any atom is 0.300 e. The molecule has 0 radical (unpaired) electrons. The topological polar surface area (TPSA) is 18.5 Å². The molecule has 0 atom stereocenters. The van der Waals surface area contributed by atoms with Crippen molar-refractivity contribution in [3.05, 3.63) is 74.7 Å². The van der Waals surface area contributed by atoms with Crippen LogP contribution in [0.4, 0.5) is 0 Å². The summed E-state index contributed by atoms with van der Waals surface area (Å²) in [6, 6.07) is 0. The highest BCUT2D eigenvalue weighted by molar-refractivity contribution is 7.05. The molecule has 18 heavy (non-hydrogen) atoms. The second-order valence-corrected chi connectivity index (χ2v) is 13.8. The van der Waals surface area contributed by atoms with Crippen LogP contribution in [-0.4, -0.2) is 35.1 Å². The SMILES string of the molecule is C=CN1[SiH2]N[Si](C=C)(C=C)N(C=C)[Si]1(C=C)C=C. The highest BCUT2D eigenvalue weighted by Crippen LogP contribution is 2.28. The van der Waals surface area contributed by atoms with Gasteiger partial charge in [0, 0.05) is 0 Å². The van der Waals surface area contributed by atoms with Crippen molar-refractivity contribution in [1.29, 1.82) is 0 Å². The van der Waals surface area contributed by atoms with Crippen molar-refractivity contribution >= 4 is 26.6 Å². The largest absolute Gasteiger partial charge is 0.402 e. The molecule has 0 bridgehead atoms. The second-order valence-electron chi connectivity index (χ2n) is 3.96. The molecular formula is C12H21N3Si3. The highest BCUT2D eigenvalue weighted by Gasteiger charge is 2.51. The third-order valence-corrected chi connectivity index (χ3v) is 16.6. The van der Waals surface area contributed by atoms with E-state index in [0.717, 1.165) is 0 Å². The van der Waals surface area contributed by atoms with E-state index in [4.69, 9.17) is 0 Å². The van der Waals surface area contributed by atoms with Gasteiger partial charge in [-0.3, -0.25) is 0 Å². The maximum absolute atomic E-state index is 4.02. The summed E-state index contributed by atoms with van der Waals surface area (Å²) in [4.78, 5) is 0. The Labute approximate surface area is 114 Å². The number of hydrogen-bond acceptors (Lipinski definition) is 3. The molecule has 1 heterocycles. The summed E-state index contributed by atoms with van der Waals surface area (Å²) >= 11 is 0. The van der Waals surface area contributed by atoms with E-state index in [1.54, 1.807) is 0 Å². The third-order valence-electron chi connectivity index (χ3n) is 3.40. The van der Waals surface area contributed by atoms with E-state index in [2.05, 4.69) is 52.6 Å². The van der Waals surface area contributed by atoms with Crippen LogP contribution in [0.5, 0.6) is 0 Å². The normalized spacial score (nSPS) is 22.0. The van der Waals surface area contributed by atoms with Crippen LogP contribution in [0.2, 0.25) is 0 Å². The zero-order chi connectivity index (χ0) is 13.8. The first-order valence-electron chi connectivity index (χ1n) is 5.71. The average molecular weight is 292 g/mol. The first-order chi connectivity index (χ1) is 8.60. The Hall–Kier alpha value is -1.35. The quantitative estimate of drug-likeness (QED) is 0.744. The minimum absolute atomic E-state index is 0.657. The van der Waals surface area contributed by atoms with Gasteiger partial charge in [0.25, 0.3) is 16.8 Å². The van der Waals surface area contributed by atoms with Crippen molar-refractivity contribution in [3.63, 3.8) is 0 Å². The molecule has 0 spiro atoms. The van der Waals surface area contributed by atoms with Crippen LogP contribution in [0.3, 0.4) is 0 Å². The summed E-state index contributed by atoms with van der Waals surface area (Å²) in [7, 11) is -4.96. The van der Waals surface area contributed by atoms with Gasteiger partial charge in [0.15, 0.2) is 9.84 Å². The zero-order valence-electron chi connectivity index (χ0n) is 10.8. The molecule has 6 heteroatoms. The molecule has 0 amide bonds. The predicted molar refractivity (Wildman–Crippen MR) is 88.0 cm³/mol. The van der Waals surface area contributed by atoms with Gasteiger partial charge >= 0.3 is 0 Å². The van der Waals surface area contributed by atoms with Gasteiger partial charge < -0.3 is 13.1 Å². The second kappa shape index (κ2) is 5.53. The Morgan fingerprint density at radius 1 is 0.833 bits per heavy atom. The lowest BCUT2D eigenvalue weighted by Crippen LogP contribution is -2.81. The van der Waals surface area contributed by atoms with Crippen molar-refractivity contribution in [3.8, 4) is 0 Å². The van der Waals surface area contributed by atoms with Gasteiger partial charge in [-0.15, -0.1) is 26.3 Å². The Morgan fingerprint density at radius 2 is 1.39 bits per heavy atom. The van der Waals surface area contributed by atoms with Gasteiger partial charge in [0.2, 0.25) is 0 Å². The van der Waals surface area contributed by atoms with Gasteiger partial charge in [-0.1, -0.05) is 36.0 Å². The van der Waals surface area contributed by atoms with E-state index in [1.807, 2.05) is 35.2 Å². The van der Waals surface area contributed by atoms with Crippen LogP contribution < -0.4 is 4.65 Å². The smallest absolute Gasteiger partial charge is 0.300 e. The van der Waals surface area contributed by atoms with Crippen molar-refractivity contribution < 1.29 is 0 Å². The Balaban J connectivity index is 3.46. The Morgan fingerprint density at radius 3 is 1.72 bits per heavy atom.